The molecule has 1 aromatic heterocycles. The van der Waals surface area contributed by atoms with Crippen LogP contribution in [-0.4, -0.2) is 29.9 Å². The number of nitrogens with two attached hydrogens (primary N) is 1. The minimum atomic E-state index is -0.0619. The van der Waals surface area contributed by atoms with Crippen LogP contribution in [0.2, 0.25) is 0 Å². The Morgan fingerprint density at radius 3 is 2.88 bits per heavy atom. The second-order valence-corrected chi connectivity index (χ2v) is 7.34. The first-order chi connectivity index (χ1) is 12.4. The molecule has 1 aliphatic heterocycles. The van der Waals surface area contributed by atoms with Gasteiger partial charge in [0.25, 0.3) is 5.91 Å². The summed E-state index contributed by atoms with van der Waals surface area (Å²) >= 11 is 0. The lowest BCUT2D eigenvalue weighted by atomic mass is 9.92. The van der Waals surface area contributed by atoms with E-state index in [1.807, 2.05) is 36.9 Å². The van der Waals surface area contributed by atoms with Gasteiger partial charge in [0, 0.05) is 19.1 Å². The predicted octanol–water partition coefficient (Wildman–Crippen LogP) is 3.67. The molecule has 0 bridgehead atoms. The Morgan fingerprint density at radius 1 is 1.35 bits per heavy atom. The number of ether oxygens (including phenoxy) is 1. The maximum atomic E-state index is 12.7. The van der Waals surface area contributed by atoms with Crippen molar-refractivity contribution in [2.24, 2.45) is 11.7 Å². The third-order valence-corrected chi connectivity index (χ3v) is 5.06. The Labute approximate surface area is 155 Å². The van der Waals surface area contributed by atoms with E-state index < -0.39 is 0 Å². The topological polar surface area (TPSA) is 68.7 Å². The fraction of sp³-hybridized carbons (Fsp3) is 0.476. The number of amides is 1. The van der Waals surface area contributed by atoms with Gasteiger partial charge in [-0.15, -0.1) is 0 Å². The first-order valence-corrected chi connectivity index (χ1v) is 9.27. The number of aryl methyl sites for hydroxylation is 2. The summed E-state index contributed by atoms with van der Waals surface area (Å²) in [7, 11) is 0. The highest BCUT2D eigenvalue weighted by atomic mass is 16.5. The van der Waals surface area contributed by atoms with Crippen LogP contribution in [0.15, 0.2) is 34.7 Å². The van der Waals surface area contributed by atoms with Crippen molar-refractivity contribution in [3.05, 3.63) is 53.0 Å². The molecule has 5 heteroatoms. The molecule has 2 atom stereocenters. The number of hydrogen-bond acceptors (Lipinski definition) is 4. The molecule has 2 aromatic rings. The van der Waals surface area contributed by atoms with E-state index in [1.54, 1.807) is 6.07 Å². The highest BCUT2D eigenvalue weighted by Gasteiger charge is 2.28. The van der Waals surface area contributed by atoms with E-state index in [4.69, 9.17) is 14.9 Å². The summed E-state index contributed by atoms with van der Waals surface area (Å²) in [6, 6.07) is 9.70. The van der Waals surface area contributed by atoms with Crippen LogP contribution < -0.4 is 10.5 Å². The maximum absolute atomic E-state index is 12.7. The molecule has 1 fully saturated rings. The minimum Gasteiger partial charge on any atom is -0.485 e. The number of hydrogen-bond donors (Lipinski definition) is 1. The highest BCUT2D eigenvalue weighted by Crippen LogP contribution is 2.23. The van der Waals surface area contributed by atoms with E-state index in [0.717, 1.165) is 30.7 Å². The second-order valence-electron chi connectivity index (χ2n) is 7.34. The first kappa shape index (κ1) is 18.5. The molecule has 5 nitrogen and oxygen atoms in total. The molecule has 0 spiro atoms. The molecule has 2 heterocycles. The fourth-order valence-electron chi connectivity index (χ4n) is 3.46. The third-order valence-electron chi connectivity index (χ3n) is 5.06. The summed E-state index contributed by atoms with van der Waals surface area (Å²) in [6.07, 6.45) is 2.07. The van der Waals surface area contributed by atoms with Crippen molar-refractivity contribution in [3.63, 3.8) is 0 Å². The number of piperidine rings is 1. The van der Waals surface area contributed by atoms with E-state index in [1.165, 1.54) is 5.56 Å². The summed E-state index contributed by atoms with van der Waals surface area (Å²) in [5.74, 6) is 2.14. The SMILES string of the molecule is Cc1ccc(OCc2ccc(C(=O)N3CCCC(C(C)N)C3)o2)c(C)c1. The zero-order valence-corrected chi connectivity index (χ0v) is 15.8. The zero-order chi connectivity index (χ0) is 18.7. The van der Waals surface area contributed by atoms with Gasteiger partial charge in [0.1, 0.15) is 18.1 Å². The average Bonchev–Trinajstić information content (AvgIpc) is 3.09. The van der Waals surface area contributed by atoms with Crippen LogP contribution in [0, 0.1) is 19.8 Å². The predicted molar refractivity (Wildman–Crippen MR) is 101 cm³/mol. The van der Waals surface area contributed by atoms with Crippen LogP contribution in [0.5, 0.6) is 5.75 Å². The minimum absolute atomic E-state index is 0.0619. The molecule has 1 amide bonds. The first-order valence-electron chi connectivity index (χ1n) is 9.27. The average molecular weight is 356 g/mol. The van der Waals surface area contributed by atoms with Crippen molar-refractivity contribution < 1.29 is 13.9 Å². The van der Waals surface area contributed by atoms with Crippen molar-refractivity contribution in [3.8, 4) is 5.75 Å². The van der Waals surface area contributed by atoms with Gasteiger partial charge in [0.2, 0.25) is 0 Å². The third kappa shape index (κ3) is 4.28. The van der Waals surface area contributed by atoms with Crippen molar-refractivity contribution >= 4 is 5.91 Å². The molecular weight excluding hydrogens is 328 g/mol. The molecule has 2 unspecified atom stereocenters. The van der Waals surface area contributed by atoms with Crippen molar-refractivity contribution in [2.75, 3.05) is 13.1 Å². The van der Waals surface area contributed by atoms with Crippen LogP contribution >= 0.6 is 0 Å². The molecule has 1 aliphatic rings. The Balaban J connectivity index is 1.61. The molecule has 140 valence electrons. The van der Waals surface area contributed by atoms with Gasteiger partial charge >= 0.3 is 0 Å². The Kier molecular flexibility index (Phi) is 5.67. The van der Waals surface area contributed by atoms with Crippen LogP contribution in [0.4, 0.5) is 0 Å². The summed E-state index contributed by atoms with van der Waals surface area (Å²) in [6.45, 7) is 7.85. The lowest BCUT2D eigenvalue weighted by Crippen LogP contribution is -2.44. The molecule has 1 aromatic carbocycles. The molecule has 0 radical (unpaired) electrons. The Hall–Kier alpha value is -2.27. The standard InChI is InChI=1S/C21H28N2O3/c1-14-6-8-19(15(2)11-14)25-13-18-7-9-20(26-18)21(24)23-10-4-5-17(12-23)16(3)22/h6-9,11,16-17H,4-5,10,12-13,22H2,1-3H3. The quantitative estimate of drug-likeness (QED) is 0.887. The number of likely N-dealkylation sites (tertiary alicyclic amines) is 1. The van der Waals surface area contributed by atoms with Crippen LogP contribution in [0.25, 0.3) is 0 Å². The Morgan fingerprint density at radius 2 is 2.15 bits per heavy atom. The lowest BCUT2D eigenvalue weighted by Gasteiger charge is -2.34. The van der Waals surface area contributed by atoms with Crippen molar-refractivity contribution in [1.82, 2.24) is 4.90 Å². The molecule has 1 saturated heterocycles. The summed E-state index contributed by atoms with van der Waals surface area (Å²) < 4.78 is 11.6. The van der Waals surface area contributed by atoms with Gasteiger partial charge in [-0.25, -0.2) is 0 Å². The monoisotopic (exact) mass is 356 g/mol. The summed E-state index contributed by atoms with van der Waals surface area (Å²) in [5, 5.41) is 0. The zero-order valence-electron chi connectivity index (χ0n) is 15.8. The van der Waals surface area contributed by atoms with Gasteiger partial charge in [-0.3, -0.25) is 4.79 Å². The van der Waals surface area contributed by atoms with Gasteiger partial charge in [-0.2, -0.15) is 0 Å². The largest absolute Gasteiger partial charge is 0.485 e. The molecule has 26 heavy (non-hydrogen) atoms. The normalized spacial score (nSPS) is 18.6. The van der Waals surface area contributed by atoms with Gasteiger partial charge in [-0.1, -0.05) is 17.7 Å². The van der Waals surface area contributed by atoms with Gasteiger partial charge < -0.3 is 19.8 Å². The molecule has 0 aliphatic carbocycles. The van der Waals surface area contributed by atoms with E-state index >= 15 is 0 Å². The number of benzene rings is 1. The molecule has 0 saturated carbocycles. The highest BCUT2D eigenvalue weighted by molar-refractivity contribution is 5.91. The summed E-state index contributed by atoms with van der Waals surface area (Å²) in [5.41, 5.74) is 8.30. The van der Waals surface area contributed by atoms with Gasteiger partial charge in [0.05, 0.1) is 0 Å². The number of carbonyl (C=O) groups is 1. The maximum Gasteiger partial charge on any atom is 0.289 e. The van der Waals surface area contributed by atoms with E-state index in [2.05, 4.69) is 13.0 Å². The molecule has 3 rings (SSSR count). The van der Waals surface area contributed by atoms with Crippen molar-refractivity contribution in [1.29, 1.82) is 0 Å². The number of rotatable bonds is 5. The van der Waals surface area contributed by atoms with Crippen molar-refractivity contribution in [2.45, 2.75) is 46.3 Å². The number of nitrogens with zero attached hydrogens (tertiary/aromatic N) is 1. The smallest absolute Gasteiger partial charge is 0.289 e. The van der Waals surface area contributed by atoms with E-state index in [0.29, 0.717) is 30.6 Å². The number of furan rings is 1. The fourth-order valence-corrected chi connectivity index (χ4v) is 3.46. The van der Waals surface area contributed by atoms with Crippen LogP contribution in [0.3, 0.4) is 0 Å². The molecule has 2 N–H and O–H groups in total. The van der Waals surface area contributed by atoms with Gasteiger partial charge in [-0.05, 0) is 63.3 Å². The lowest BCUT2D eigenvalue weighted by molar-refractivity contribution is 0.0625. The van der Waals surface area contributed by atoms with E-state index in [-0.39, 0.29) is 11.9 Å². The Bertz CT molecular complexity index is 766. The molecular formula is C21H28N2O3. The van der Waals surface area contributed by atoms with Gasteiger partial charge in [0.15, 0.2) is 5.76 Å². The second kappa shape index (κ2) is 7.96. The summed E-state index contributed by atoms with van der Waals surface area (Å²) in [4.78, 5) is 14.5. The van der Waals surface area contributed by atoms with Crippen LogP contribution in [-0.2, 0) is 6.61 Å². The number of carbonyl (C=O) groups excluding carboxylic acids is 1. The van der Waals surface area contributed by atoms with Crippen LogP contribution in [0.1, 0.15) is 47.2 Å². The van der Waals surface area contributed by atoms with E-state index in [9.17, 15) is 4.79 Å².